The summed E-state index contributed by atoms with van der Waals surface area (Å²) in [7, 11) is 2.40. The minimum absolute atomic E-state index is 0.350. The van der Waals surface area contributed by atoms with Gasteiger partial charge in [-0.2, -0.15) is 0 Å². The first-order valence-electron chi connectivity index (χ1n) is 7.68. The fourth-order valence-corrected chi connectivity index (χ4v) is 2.98. The Morgan fingerprint density at radius 1 is 0.714 bits per heavy atom. The molecule has 0 unspecified atom stereocenters. The lowest BCUT2D eigenvalue weighted by Gasteiger charge is -2.00. The molecule has 0 aliphatic rings. The molecule has 21 heavy (non-hydrogen) atoms. The highest BCUT2D eigenvalue weighted by atomic mass is 33.1. The Hall–Kier alpha value is 0.440. The van der Waals surface area contributed by atoms with E-state index in [0.29, 0.717) is 8.64 Å². The van der Waals surface area contributed by atoms with Crippen molar-refractivity contribution in [1.82, 2.24) is 0 Å². The topological polar surface area (TPSA) is 78.1 Å². The van der Waals surface area contributed by atoms with Crippen LogP contribution in [0, 0.1) is 0 Å². The quantitative estimate of drug-likeness (QED) is 0.292. The molecule has 0 saturated carbocycles. The van der Waals surface area contributed by atoms with E-state index in [1.807, 2.05) is 0 Å². The molecule has 0 fully saturated rings. The van der Waals surface area contributed by atoms with Gasteiger partial charge in [0, 0.05) is 0 Å². The van der Waals surface area contributed by atoms with Crippen molar-refractivity contribution in [2.75, 3.05) is 6.54 Å². The number of hydrogen-bond donors (Lipinski definition) is 3. The lowest BCUT2D eigenvalue weighted by molar-refractivity contribution is 0.558. The molecule has 0 atom stereocenters. The van der Waals surface area contributed by atoms with Crippen molar-refractivity contribution in [1.29, 1.82) is 0 Å². The van der Waals surface area contributed by atoms with Crippen LogP contribution in [0.5, 0.6) is 0 Å². The monoisotopic (exact) mass is 369 g/mol. The van der Waals surface area contributed by atoms with Gasteiger partial charge in [-0.05, 0) is 34.6 Å². The van der Waals surface area contributed by atoms with Gasteiger partial charge in [-0.1, -0.05) is 89.1 Å². The Morgan fingerprint density at radius 3 is 1.33 bits per heavy atom. The predicted octanol–water partition coefficient (Wildman–Crippen LogP) is 4.72. The molecule has 0 rings (SSSR count). The van der Waals surface area contributed by atoms with Crippen LogP contribution >= 0.6 is 46.0 Å². The van der Waals surface area contributed by atoms with Gasteiger partial charge >= 0.3 is 0 Å². The summed E-state index contributed by atoms with van der Waals surface area (Å²) in [6.45, 7) is 3.14. The molecular formula is C14H31N3S4. The van der Waals surface area contributed by atoms with E-state index >= 15 is 0 Å². The van der Waals surface area contributed by atoms with Crippen molar-refractivity contribution < 1.29 is 0 Å². The van der Waals surface area contributed by atoms with Gasteiger partial charge in [0.2, 0.25) is 0 Å². The average molecular weight is 370 g/mol. The fraction of sp³-hybridized carbons (Fsp3) is 0.857. The Labute approximate surface area is 149 Å². The summed E-state index contributed by atoms with van der Waals surface area (Å²) in [6.07, 6.45) is 13.9. The zero-order valence-corrected chi connectivity index (χ0v) is 16.4. The molecule has 6 N–H and O–H groups in total. The molecule has 3 nitrogen and oxygen atoms in total. The molecule has 0 radical (unpaired) electrons. The van der Waals surface area contributed by atoms with Crippen LogP contribution in [0.3, 0.4) is 0 Å². The van der Waals surface area contributed by atoms with Gasteiger partial charge < -0.3 is 17.2 Å². The van der Waals surface area contributed by atoms with Crippen LogP contribution in [-0.2, 0) is 0 Å². The maximum atomic E-state index is 5.42. The second-order valence-electron chi connectivity index (χ2n) is 4.78. The molecule has 0 aromatic rings. The lowest BCUT2D eigenvalue weighted by Crippen LogP contribution is -2.04. The molecule has 0 amide bonds. The Bertz CT molecular complexity index is 226. The van der Waals surface area contributed by atoms with Crippen molar-refractivity contribution in [2.24, 2.45) is 17.2 Å². The third-order valence-electron chi connectivity index (χ3n) is 2.76. The summed E-state index contributed by atoms with van der Waals surface area (Å²) in [5, 5.41) is 0. The summed E-state index contributed by atoms with van der Waals surface area (Å²) >= 11 is 9.04. The predicted molar refractivity (Wildman–Crippen MR) is 110 cm³/mol. The molecule has 0 spiro atoms. The van der Waals surface area contributed by atoms with Crippen LogP contribution in [0.25, 0.3) is 0 Å². The fourth-order valence-electron chi connectivity index (χ4n) is 1.71. The van der Waals surface area contributed by atoms with E-state index in [9.17, 15) is 0 Å². The maximum Gasteiger partial charge on any atom is 0.142 e. The van der Waals surface area contributed by atoms with E-state index < -0.39 is 0 Å². The molecule has 126 valence electrons. The summed E-state index contributed by atoms with van der Waals surface area (Å²) in [5.41, 5.74) is 15.6. The first kappa shape index (κ1) is 23.7. The van der Waals surface area contributed by atoms with E-state index in [2.05, 4.69) is 31.4 Å². The number of nitrogens with two attached hydrogens (primary N) is 3. The number of hydrogen-bond acceptors (Lipinski definition) is 5. The van der Waals surface area contributed by atoms with Crippen LogP contribution in [0.15, 0.2) is 0 Å². The van der Waals surface area contributed by atoms with Gasteiger partial charge in [0.05, 0.1) is 0 Å². The first-order chi connectivity index (χ1) is 10.0. The largest absolute Gasteiger partial charge is 0.384 e. The average Bonchev–Trinajstić information content (AvgIpc) is 2.44. The molecule has 7 heteroatoms. The van der Waals surface area contributed by atoms with Crippen LogP contribution in [-0.4, -0.2) is 15.2 Å². The van der Waals surface area contributed by atoms with Crippen LogP contribution < -0.4 is 17.2 Å². The highest BCUT2D eigenvalue weighted by Gasteiger charge is 1.92. The molecule has 0 bridgehead atoms. The van der Waals surface area contributed by atoms with E-state index in [4.69, 9.17) is 17.2 Å². The van der Waals surface area contributed by atoms with Gasteiger partial charge in [-0.15, -0.1) is 0 Å². The van der Waals surface area contributed by atoms with Crippen molar-refractivity contribution in [3.63, 3.8) is 0 Å². The number of thiocarbonyl (C=S) groups is 2. The summed E-state index contributed by atoms with van der Waals surface area (Å²) in [6, 6.07) is 0. The third kappa shape index (κ3) is 29.2. The van der Waals surface area contributed by atoms with Crippen LogP contribution in [0.1, 0.15) is 71.1 Å². The second-order valence-corrected chi connectivity index (χ2v) is 8.38. The smallest absolute Gasteiger partial charge is 0.142 e. The lowest BCUT2D eigenvalue weighted by atomic mass is 10.1. The van der Waals surface area contributed by atoms with E-state index in [1.165, 1.54) is 85.8 Å². The summed E-state index contributed by atoms with van der Waals surface area (Å²) in [4.78, 5) is 0. The molecule has 0 aliphatic heterocycles. The zero-order valence-electron chi connectivity index (χ0n) is 13.1. The van der Waals surface area contributed by atoms with E-state index in [1.54, 1.807) is 0 Å². The molecular weight excluding hydrogens is 338 g/mol. The molecule has 0 saturated heterocycles. The van der Waals surface area contributed by atoms with Crippen molar-refractivity contribution in [3.05, 3.63) is 0 Å². The maximum absolute atomic E-state index is 5.42. The van der Waals surface area contributed by atoms with Crippen molar-refractivity contribution >= 4 is 54.7 Å². The Kier molecular flexibility index (Phi) is 23.1. The standard InChI is InChI=1S/C12H27N.C2H4N2S4/c1-2-3-4-5-6-7-8-9-10-11-12-13;3-1(5)7-8-2(4)6/h2-13H2,1H3;(H2,3,5)(H2,4,6). The van der Waals surface area contributed by atoms with Gasteiger partial charge in [0.25, 0.3) is 0 Å². The Morgan fingerprint density at radius 2 is 1.05 bits per heavy atom. The van der Waals surface area contributed by atoms with E-state index in [-0.39, 0.29) is 0 Å². The summed E-state index contributed by atoms with van der Waals surface area (Å²) < 4.78 is 0.700. The van der Waals surface area contributed by atoms with Crippen LogP contribution in [0.2, 0.25) is 0 Å². The zero-order chi connectivity index (χ0) is 16.3. The van der Waals surface area contributed by atoms with Crippen LogP contribution in [0.4, 0.5) is 0 Å². The molecule has 0 aromatic carbocycles. The third-order valence-corrected chi connectivity index (χ3v) is 5.64. The minimum Gasteiger partial charge on any atom is -0.384 e. The van der Waals surface area contributed by atoms with Gasteiger partial charge in [-0.25, -0.2) is 0 Å². The molecule has 0 aliphatic carbocycles. The number of rotatable bonds is 10. The van der Waals surface area contributed by atoms with Gasteiger partial charge in [0.1, 0.15) is 8.64 Å². The highest BCUT2D eigenvalue weighted by molar-refractivity contribution is 8.89. The van der Waals surface area contributed by atoms with Crippen molar-refractivity contribution in [2.45, 2.75) is 71.1 Å². The Balaban J connectivity index is 0. The van der Waals surface area contributed by atoms with Gasteiger partial charge in [0.15, 0.2) is 0 Å². The molecule has 0 aromatic heterocycles. The normalized spacial score (nSPS) is 9.81. The number of unbranched alkanes of at least 4 members (excludes halogenated alkanes) is 9. The first-order valence-corrected chi connectivity index (χ1v) is 10.6. The minimum atomic E-state index is 0.350. The van der Waals surface area contributed by atoms with Crippen molar-refractivity contribution in [3.8, 4) is 0 Å². The van der Waals surface area contributed by atoms with E-state index in [0.717, 1.165) is 6.54 Å². The van der Waals surface area contributed by atoms with Gasteiger partial charge in [-0.3, -0.25) is 0 Å². The summed E-state index contributed by atoms with van der Waals surface area (Å²) in [5.74, 6) is 0. The highest BCUT2D eigenvalue weighted by Crippen LogP contribution is 2.20. The second kappa shape index (κ2) is 20.4. The SMILES string of the molecule is CCCCCCCCCCCCN.NC(=S)SSC(N)=S. The molecule has 0 heterocycles.